The van der Waals surface area contributed by atoms with Gasteiger partial charge in [-0.25, -0.2) is 4.68 Å². The molecule has 1 atom stereocenters. The van der Waals surface area contributed by atoms with Crippen LogP contribution in [0.2, 0.25) is 5.02 Å². The number of fused-ring (bicyclic) bond motifs is 1. The van der Waals surface area contributed by atoms with Gasteiger partial charge in [0, 0.05) is 25.2 Å². The molecule has 0 radical (unpaired) electrons. The van der Waals surface area contributed by atoms with E-state index in [0.717, 1.165) is 11.1 Å². The summed E-state index contributed by atoms with van der Waals surface area (Å²) < 4.78 is 6.63. The first-order valence-corrected chi connectivity index (χ1v) is 11.6. The molecular weight excluding hydrogens is 466 g/mol. The van der Waals surface area contributed by atoms with Crippen LogP contribution in [-0.2, 0) is 27.4 Å². The summed E-state index contributed by atoms with van der Waals surface area (Å²) in [7, 11) is 1.57. The zero-order valence-corrected chi connectivity index (χ0v) is 20.1. The minimum Gasteiger partial charge on any atom is -0.383 e. The molecular formula is C26H26ClN5O3. The molecule has 0 bridgehead atoms. The molecule has 8 nitrogen and oxygen atoms in total. The molecule has 1 N–H and O–H groups in total. The zero-order chi connectivity index (χ0) is 24.6. The number of amides is 2. The number of halogens is 1. The van der Waals surface area contributed by atoms with Gasteiger partial charge < -0.3 is 15.0 Å². The van der Waals surface area contributed by atoms with Crippen LogP contribution in [0, 0.1) is 0 Å². The number of carbonyl (C=O) groups is 2. The Morgan fingerprint density at radius 1 is 1.03 bits per heavy atom. The van der Waals surface area contributed by atoms with E-state index in [1.54, 1.807) is 41.0 Å². The van der Waals surface area contributed by atoms with Gasteiger partial charge in [0.25, 0.3) is 0 Å². The molecule has 4 rings (SSSR count). The maximum Gasteiger partial charge on any atom is 0.247 e. The fourth-order valence-corrected chi connectivity index (χ4v) is 3.97. The van der Waals surface area contributed by atoms with Crippen molar-refractivity contribution in [3.05, 3.63) is 95.0 Å². The lowest BCUT2D eigenvalue weighted by Crippen LogP contribution is -2.45. The van der Waals surface area contributed by atoms with Crippen LogP contribution in [0.3, 0.4) is 0 Å². The molecule has 9 heteroatoms. The summed E-state index contributed by atoms with van der Waals surface area (Å²) in [6, 6.07) is 23.1. The Labute approximate surface area is 208 Å². The van der Waals surface area contributed by atoms with E-state index in [0.29, 0.717) is 29.3 Å². The summed E-state index contributed by atoms with van der Waals surface area (Å²) in [6.45, 7) is 0.844. The van der Waals surface area contributed by atoms with E-state index >= 15 is 0 Å². The zero-order valence-electron chi connectivity index (χ0n) is 19.3. The molecule has 0 saturated carbocycles. The van der Waals surface area contributed by atoms with Gasteiger partial charge in [-0.3, -0.25) is 9.59 Å². The van der Waals surface area contributed by atoms with Crippen molar-refractivity contribution in [2.45, 2.75) is 19.1 Å². The third-order valence-electron chi connectivity index (χ3n) is 5.57. The third kappa shape index (κ3) is 6.03. The van der Waals surface area contributed by atoms with Gasteiger partial charge >= 0.3 is 0 Å². The molecule has 2 amide bonds. The Morgan fingerprint density at radius 2 is 1.74 bits per heavy atom. The average Bonchev–Trinajstić information content (AvgIpc) is 3.28. The van der Waals surface area contributed by atoms with Crippen LogP contribution in [0.5, 0.6) is 0 Å². The minimum absolute atomic E-state index is 0.0667. The lowest BCUT2D eigenvalue weighted by Gasteiger charge is -2.31. The fourth-order valence-electron chi connectivity index (χ4n) is 3.85. The summed E-state index contributed by atoms with van der Waals surface area (Å²) in [5, 5.41) is 11.7. The predicted octanol–water partition coefficient (Wildman–Crippen LogP) is 3.62. The van der Waals surface area contributed by atoms with Crippen molar-refractivity contribution >= 4 is 34.4 Å². The van der Waals surface area contributed by atoms with E-state index in [9.17, 15) is 9.59 Å². The first kappa shape index (κ1) is 24.4. The third-order valence-corrected chi connectivity index (χ3v) is 5.82. The number of aromatic nitrogens is 3. The van der Waals surface area contributed by atoms with Crippen molar-refractivity contribution in [1.29, 1.82) is 0 Å². The molecule has 180 valence electrons. The highest BCUT2D eigenvalue weighted by atomic mass is 35.5. The summed E-state index contributed by atoms with van der Waals surface area (Å²) in [4.78, 5) is 28.8. The van der Waals surface area contributed by atoms with E-state index in [-0.39, 0.29) is 24.9 Å². The number of hydrogen-bond donors (Lipinski definition) is 1. The number of benzene rings is 3. The molecule has 0 unspecified atom stereocenters. The first-order valence-electron chi connectivity index (χ1n) is 11.2. The van der Waals surface area contributed by atoms with Crippen LogP contribution >= 0.6 is 11.6 Å². The van der Waals surface area contributed by atoms with Crippen LogP contribution in [0.15, 0.2) is 78.9 Å². The van der Waals surface area contributed by atoms with Gasteiger partial charge in [-0.1, -0.05) is 71.4 Å². The smallest absolute Gasteiger partial charge is 0.247 e. The van der Waals surface area contributed by atoms with Gasteiger partial charge in [-0.05, 0) is 35.4 Å². The maximum atomic E-state index is 13.8. The molecule has 0 spiro atoms. The summed E-state index contributed by atoms with van der Waals surface area (Å²) in [5.41, 5.74) is 2.99. The number of ether oxygens (including phenoxy) is 1. The lowest BCUT2D eigenvalue weighted by atomic mass is 10.0. The average molecular weight is 492 g/mol. The predicted molar refractivity (Wildman–Crippen MR) is 134 cm³/mol. The number of hydrogen-bond acceptors (Lipinski definition) is 5. The first-order chi connectivity index (χ1) is 17.1. The molecule has 3 aromatic carbocycles. The molecule has 0 aliphatic heterocycles. The van der Waals surface area contributed by atoms with E-state index in [1.165, 1.54) is 0 Å². The highest BCUT2D eigenvalue weighted by Crippen LogP contribution is 2.26. The lowest BCUT2D eigenvalue weighted by molar-refractivity contribution is -0.142. The second-order valence-electron chi connectivity index (χ2n) is 7.98. The van der Waals surface area contributed by atoms with Crippen molar-refractivity contribution < 1.29 is 14.3 Å². The molecule has 4 aromatic rings. The number of carbonyl (C=O) groups excluding carboxylic acids is 2. The molecule has 0 aliphatic carbocycles. The number of para-hydroxylation sites is 1. The Balaban J connectivity index is 1.71. The van der Waals surface area contributed by atoms with Crippen molar-refractivity contribution in [2.75, 3.05) is 20.3 Å². The molecule has 0 aliphatic rings. The molecule has 1 aromatic heterocycles. The van der Waals surface area contributed by atoms with Crippen molar-refractivity contribution in [3.63, 3.8) is 0 Å². The SMILES string of the molecule is COCCNC(=O)[C@@H](c1ccc(Cl)cc1)N(Cc1ccccc1)C(=O)Cn1nnc2ccccc21. The van der Waals surface area contributed by atoms with Crippen molar-refractivity contribution in [1.82, 2.24) is 25.2 Å². The number of rotatable bonds is 10. The fraction of sp³-hybridized carbons (Fsp3) is 0.231. The van der Waals surface area contributed by atoms with Crippen molar-refractivity contribution in [2.24, 2.45) is 0 Å². The number of methoxy groups -OCH3 is 1. The quantitative estimate of drug-likeness (QED) is 0.342. The second kappa shape index (κ2) is 11.6. The van der Waals surface area contributed by atoms with Crippen LogP contribution in [0.4, 0.5) is 0 Å². The summed E-state index contributed by atoms with van der Waals surface area (Å²) in [5.74, 6) is -0.580. The van der Waals surface area contributed by atoms with E-state index in [4.69, 9.17) is 16.3 Å². The van der Waals surface area contributed by atoms with Crippen LogP contribution in [-0.4, -0.2) is 52.0 Å². The Bertz CT molecular complexity index is 1280. The summed E-state index contributed by atoms with van der Waals surface area (Å²) >= 11 is 6.10. The molecule has 0 saturated heterocycles. The standard InChI is InChI=1S/C26H26ClN5O3/c1-35-16-15-28-26(34)25(20-11-13-21(27)14-12-20)31(17-19-7-3-2-4-8-19)24(33)18-32-23-10-6-5-9-22(23)29-30-32/h2-14,25H,15-18H2,1H3,(H,28,34)/t25-/m1/s1. The van der Waals surface area contributed by atoms with Gasteiger partial charge in [0.2, 0.25) is 11.8 Å². The number of nitrogens with zero attached hydrogens (tertiary/aromatic N) is 4. The Hall–Kier alpha value is -3.75. The van der Waals surface area contributed by atoms with Gasteiger partial charge in [0.05, 0.1) is 12.1 Å². The summed E-state index contributed by atoms with van der Waals surface area (Å²) in [6.07, 6.45) is 0. The van der Waals surface area contributed by atoms with E-state index < -0.39 is 6.04 Å². The van der Waals surface area contributed by atoms with E-state index in [2.05, 4.69) is 15.6 Å². The van der Waals surface area contributed by atoms with Gasteiger partial charge in [0.15, 0.2) is 0 Å². The largest absolute Gasteiger partial charge is 0.383 e. The minimum atomic E-state index is -0.883. The topological polar surface area (TPSA) is 89.4 Å². The van der Waals surface area contributed by atoms with Crippen LogP contribution < -0.4 is 5.32 Å². The van der Waals surface area contributed by atoms with Gasteiger partial charge in [-0.15, -0.1) is 5.10 Å². The molecule has 1 heterocycles. The number of nitrogens with one attached hydrogen (secondary N) is 1. The van der Waals surface area contributed by atoms with E-state index in [1.807, 2.05) is 54.6 Å². The highest BCUT2D eigenvalue weighted by Gasteiger charge is 2.32. The van der Waals surface area contributed by atoms with Gasteiger partial charge in [-0.2, -0.15) is 0 Å². The van der Waals surface area contributed by atoms with Crippen molar-refractivity contribution in [3.8, 4) is 0 Å². The Morgan fingerprint density at radius 3 is 2.49 bits per heavy atom. The Kier molecular flexibility index (Phi) is 8.07. The molecule has 0 fully saturated rings. The van der Waals surface area contributed by atoms with Gasteiger partial charge in [0.1, 0.15) is 18.1 Å². The normalized spacial score (nSPS) is 11.8. The maximum absolute atomic E-state index is 13.8. The van der Waals surface area contributed by atoms with Crippen LogP contribution in [0.1, 0.15) is 17.2 Å². The van der Waals surface area contributed by atoms with Crippen LogP contribution in [0.25, 0.3) is 11.0 Å². The second-order valence-corrected chi connectivity index (χ2v) is 8.42. The molecule has 35 heavy (non-hydrogen) atoms. The highest BCUT2D eigenvalue weighted by molar-refractivity contribution is 6.30. The monoisotopic (exact) mass is 491 g/mol.